The van der Waals surface area contributed by atoms with Crippen LogP contribution in [0.2, 0.25) is 4.34 Å². The lowest BCUT2D eigenvalue weighted by Crippen LogP contribution is -2.49. The molecule has 16 heavy (non-hydrogen) atoms. The van der Waals surface area contributed by atoms with E-state index in [0.717, 1.165) is 9.21 Å². The zero-order chi connectivity index (χ0) is 11.5. The maximum Gasteiger partial charge on any atom is 0.323 e. The number of morpholine rings is 1. The average Bonchev–Trinajstić information content (AvgIpc) is 2.64. The normalized spacial score (nSPS) is 22.2. The van der Waals surface area contributed by atoms with E-state index in [9.17, 15) is 4.79 Å². The summed E-state index contributed by atoms with van der Waals surface area (Å²) in [5.74, 6) is -0.831. The van der Waals surface area contributed by atoms with Crippen molar-refractivity contribution in [2.75, 3.05) is 19.8 Å². The monoisotopic (exact) mass is 261 g/mol. The van der Waals surface area contributed by atoms with E-state index < -0.39 is 12.0 Å². The van der Waals surface area contributed by atoms with Crippen molar-refractivity contribution in [3.8, 4) is 0 Å². The molecule has 6 heteroatoms. The summed E-state index contributed by atoms with van der Waals surface area (Å²) in [5, 5.41) is 9.05. The number of carboxylic acids is 1. The number of carboxylic acid groups (broad SMARTS) is 1. The van der Waals surface area contributed by atoms with E-state index in [0.29, 0.717) is 19.7 Å². The van der Waals surface area contributed by atoms with Crippen LogP contribution in [0.5, 0.6) is 0 Å². The van der Waals surface area contributed by atoms with Crippen molar-refractivity contribution < 1.29 is 14.6 Å². The highest BCUT2D eigenvalue weighted by atomic mass is 35.5. The van der Waals surface area contributed by atoms with Gasteiger partial charge >= 0.3 is 5.97 Å². The van der Waals surface area contributed by atoms with E-state index in [1.54, 1.807) is 0 Å². The van der Waals surface area contributed by atoms with E-state index in [2.05, 4.69) is 0 Å². The van der Waals surface area contributed by atoms with Crippen molar-refractivity contribution in [3.63, 3.8) is 0 Å². The lowest BCUT2D eigenvalue weighted by molar-refractivity contribution is -0.150. The van der Waals surface area contributed by atoms with Gasteiger partial charge in [0, 0.05) is 18.0 Å². The Bertz CT molecular complexity index is 382. The van der Waals surface area contributed by atoms with Crippen molar-refractivity contribution in [2.45, 2.75) is 12.6 Å². The van der Waals surface area contributed by atoms with Gasteiger partial charge in [-0.1, -0.05) is 11.6 Å². The molecule has 1 saturated heterocycles. The van der Waals surface area contributed by atoms with Gasteiger partial charge in [0.05, 0.1) is 17.6 Å². The van der Waals surface area contributed by atoms with Gasteiger partial charge in [0.15, 0.2) is 0 Å². The fourth-order valence-corrected chi connectivity index (χ4v) is 2.80. The molecule has 1 atom stereocenters. The smallest absolute Gasteiger partial charge is 0.323 e. The van der Waals surface area contributed by atoms with E-state index in [-0.39, 0.29) is 6.61 Å². The Balaban J connectivity index is 2.03. The fourth-order valence-electron chi connectivity index (χ4n) is 1.69. The highest BCUT2D eigenvalue weighted by molar-refractivity contribution is 7.16. The minimum absolute atomic E-state index is 0.258. The van der Waals surface area contributed by atoms with Crippen LogP contribution in [0.25, 0.3) is 0 Å². The molecule has 0 saturated carbocycles. The number of thiophene rings is 1. The summed E-state index contributed by atoms with van der Waals surface area (Å²) >= 11 is 7.32. The number of carbonyl (C=O) groups is 1. The SMILES string of the molecule is O=C(O)C1COCCN1Cc1ccc(Cl)s1. The molecule has 0 bridgehead atoms. The topological polar surface area (TPSA) is 49.8 Å². The molecule has 1 unspecified atom stereocenters. The number of aliphatic carboxylic acids is 1. The molecular weight excluding hydrogens is 250 g/mol. The molecule has 1 N–H and O–H groups in total. The molecule has 2 rings (SSSR count). The molecule has 1 fully saturated rings. The van der Waals surface area contributed by atoms with E-state index in [4.69, 9.17) is 21.4 Å². The van der Waals surface area contributed by atoms with Gasteiger partial charge in [0.1, 0.15) is 6.04 Å². The van der Waals surface area contributed by atoms with Crippen LogP contribution in [-0.4, -0.2) is 41.8 Å². The molecule has 0 aromatic carbocycles. The van der Waals surface area contributed by atoms with Crippen LogP contribution in [-0.2, 0) is 16.1 Å². The Kier molecular flexibility index (Phi) is 3.81. The summed E-state index contributed by atoms with van der Waals surface area (Å²) in [6, 6.07) is 3.22. The van der Waals surface area contributed by atoms with Crippen molar-refractivity contribution in [1.82, 2.24) is 4.90 Å². The Morgan fingerprint density at radius 1 is 1.69 bits per heavy atom. The molecular formula is C10H12ClNO3S. The summed E-state index contributed by atoms with van der Waals surface area (Å²) < 4.78 is 5.90. The summed E-state index contributed by atoms with van der Waals surface area (Å²) in [6.45, 7) is 2.11. The zero-order valence-corrected chi connectivity index (χ0v) is 10.1. The van der Waals surface area contributed by atoms with Crippen molar-refractivity contribution >= 4 is 28.9 Å². The summed E-state index contributed by atoms with van der Waals surface area (Å²) in [4.78, 5) is 14.0. The van der Waals surface area contributed by atoms with Crippen LogP contribution in [0.1, 0.15) is 4.88 Å². The summed E-state index contributed by atoms with van der Waals surface area (Å²) in [7, 11) is 0. The molecule has 2 heterocycles. The first-order valence-electron chi connectivity index (χ1n) is 4.95. The van der Waals surface area contributed by atoms with Crippen LogP contribution in [0.15, 0.2) is 12.1 Å². The lowest BCUT2D eigenvalue weighted by atomic mass is 10.2. The number of hydrogen-bond acceptors (Lipinski definition) is 4. The number of nitrogens with zero attached hydrogens (tertiary/aromatic N) is 1. The third-order valence-corrected chi connectivity index (χ3v) is 3.73. The molecule has 1 aliphatic rings. The predicted octanol–water partition coefficient (Wildman–Crippen LogP) is 1.69. The lowest BCUT2D eigenvalue weighted by Gasteiger charge is -2.32. The van der Waals surface area contributed by atoms with Crippen LogP contribution < -0.4 is 0 Å². The largest absolute Gasteiger partial charge is 0.480 e. The van der Waals surface area contributed by atoms with Gasteiger partial charge in [-0.15, -0.1) is 11.3 Å². The second-order valence-electron chi connectivity index (χ2n) is 3.61. The van der Waals surface area contributed by atoms with Crippen molar-refractivity contribution in [1.29, 1.82) is 0 Å². The van der Waals surface area contributed by atoms with Crippen LogP contribution in [0.4, 0.5) is 0 Å². The number of rotatable bonds is 3. The molecule has 88 valence electrons. The molecule has 1 aliphatic heterocycles. The third-order valence-electron chi connectivity index (χ3n) is 2.51. The molecule has 1 aromatic rings. The Labute approximate surface area is 102 Å². The first-order valence-corrected chi connectivity index (χ1v) is 6.15. The number of hydrogen-bond donors (Lipinski definition) is 1. The van der Waals surface area contributed by atoms with Gasteiger partial charge in [0.2, 0.25) is 0 Å². The average molecular weight is 262 g/mol. The Hall–Kier alpha value is -0.620. The fraction of sp³-hybridized carbons (Fsp3) is 0.500. The molecule has 1 aromatic heterocycles. The molecule has 4 nitrogen and oxygen atoms in total. The standard InChI is InChI=1S/C10H12ClNO3S/c11-9-2-1-7(16-9)5-12-3-4-15-6-8(12)10(13)14/h1-2,8H,3-6H2,(H,13,14). The summed E-state index contributed by atoms with van der Waals surface area (Å²) in [6.07, 6.45) is 0. The highest BCUT2D eigenvalue weighted by Crippen LogP contribution is 2.24. The molecule has 0 radical (unpaired) electrons. The first-order chi connectivity index (χ1) is 7.66. The quantitative estimate of drug-likeness (QED) is 0.900. The number of halogens is 1. The van der Waals surface area contributed by atoms with E-state index in [1.165, 1.54) is 11.3 Å². The highest BCUT2D eigenvalue weighted by Gasteiger charge is 2.29. The summed E-state index contributed by atoms with van der Waals surface area (Å²) in [5.41, 5.74) is 0. The van der Waals surface area contributed by atoms with Gasteiger partial charge < -0.3 is 9.84 Å². The third kappa shape index (κ3) is 2.74. The molecule has 0 spiro atoms. The van der Waals surface area contributed by atoms with E-state index in [1.807, 2.05) is 17.0 Å². The second kappa shape index (κ2) is 5.14. The van der Waals surface area contributed by atoms with E-state index >= 15 is 0 Å². The van der Waals surface area contributed by atoms with Gasteiger partial charge in [-0.25, -0.2) is 0 Å². The van der Waals surface area contributed by atoms with Crippen LogP contribution >= 0.6 is 22.9 Å². The number of ether oxygens (including phenoxy) is 1. The maximum atomic E-state index is 11.0. The second-order valence-corrected chi connectivity index (χ2v) is 5.40. The van der Waals surface area contributed by atoms with Crippen molar-refractivity contribution in [2.24, 2.45) is 0 Å². The predicted molar refractivity (Wildman–Crippen MR) is 62.0 cm³/mol. The van der Waals surface area contributed by atoms with Gasteiger partial charge in [0.25, 0.3) is 0 Å². The van der Waals surface area contributed by atoms with Gasteiger partial charge in [-0.3, -0.25) is 9.69 Å². The minimum atomic E-state index is -0.831. The molecule has 0 aliphatic carbocycles. The van der Waals surface area contributed by atoms with Crippen LogP contribution in [0, 0.1) is 0 Å². The van der Waals surface area contributed by atoms with Gasteiger partial charge in [-0.05, 0) is 12.1 Å². The first kappa shape index (κ1) is 11.9. The Morgan fingerprint density at radius 3 is 3.12 bits per heavy atom. The minimum Gasteiger partial charge on any atom is -0.480 e. The zero-order valence-electron chi connectivity index (χ0n) is 8.56. The van der Waals surface area contributed by atoms with Gasteiger partial charge in [-0.2, -0.15) is 0 Å². The Morgan fingerprint density at radius 2 is 2.50 bits per heavy atom. The molecule has 0 amide bonds. The maximum absolute atomic E-state index is 11.0. The van der Waals surface area contributed by atoms with Crippen molar-refractivity contribution in [3.05, 3.63) is 21.3 Å². The van der Waals surface area contributed by atoms with Crippen LogP contribution in [0.3, 0.4) is 0 Å².